The second-order valence-corrected chi connectivity index (χ2v) is 7.38. The number of rotatable bonds is 3. The molecule has 0 aliphatic heterocycles. The molecule has 0 atom stereocenters. The van der Waals surface area contributed by atoms with Gasteiger partial charge in [0.1, 0.15) is 11.4 Å². The average Bonchev–Trinajstić information content (AvgIpc) is 2.43. The van der Waals surface area contributed by atoms with E-state index in [1.807, 2.05) is 20.8 Å². The third kappa shape index (κ3) is 5.90. The molecule has 0 radical (unpaired) electrons. The van der Waals surface area contributed by atoms with Crippen molar-refractivity contribution in [1.29, 1.82) is 0 Å². The number of hydrogen-bond donors (Lipinski definition) is 2. The molecule has 0 unspecified atom stereocenters. The lowest BCUT2D eigenvalue weighted by Gasteiger charge is -2.31. The summed E-state index contributed by atoms with van der Waals surface area (Å²) in [4.78, 5) is 11.8. The first-order valence-corrected chi connectivity index (χ1v) is 8.32. The van der Waals surface area contributed by atoms with Crippen molar-refractivity contribution in [2.75, 3.05) is 5.32 Å². The molecular formula is C17H24ClFN2O2. The fourth-order valence-electron chi connectivity index (χ4n) is 2.68. The number of alkyl carbamates (subject to hydrolysis) is 1. The summed E-state index contributed by atoms with van der Waals surface area (Å²) < 4.78 is 18.4. The largest absolute Gasteiger partial charge is 0.444 e. The summed E-state index contributed by atoms with van der Waals surface area (Å²) in [5.74, 6) is -0.414. The van der Waals surface area contributed by atoms with Crippen LogP contribution < -0.4 is 10.6 Å². The lowest BCUT2D eigenvalue weighted by molar-refractivity contribution is 0.0492. The van der Waals surface area contributed by atoms with E-state index >= 15 is 0 Å². The van der Waals surface area contributed by atoms with E-state index in [0.717, 1.165) is 31.4 Å². The molecule has 1 saturated carbocycles. The Bertz CT molecular complexity index is 552. The van der Waals surface area contributed by atoms with Crippen molar-refractivity contribution in [3.8, 4) is 0 Å². The highest BCUT2D eigenvalue weighted by Crippen LogP contribution is 2.25. The van der Waals surface area contributed by atoms with Crippen molar-refractivity contribution in [3.63, 3.8) is 0 Å². The molecule has 0 heterocycles. The summed E-state index contributed by atoms with van der Waals surface area (Å²) in [6, 6.07) is 5.09. The van der Waals surface area contributed by atoms with Crippen molar-refractivity contribution in [2.45, 2.75) is 64.1 Å². The molecule has 1 fully saturated rings. The van der Waals surface area contributed by atoms with Gasteiger partial charge in [0.25, 0.3) is 0 Å². The Morgan fingerprint density at radius 3 is 2.39 bits per heavy atom. The van der Waals surface area contributed by atoms with Crippen molar-refractivity contribution < 1.29 is 13.9 Å². The van der Waals surface area contributed by atoms with Gasteiger partial charge in [-0.1, -0.05) is 11.6 Å². The Balaban J connectivity index is 1.77. The zero-order valence-corrected chi connectivity index (χ0v) is 14.5. The van der Waals surface area contributed by atoms with Crippen molar-refractivity contribution in [2.24, 2.45) is 0 Å². The highest BCUT2D eigenvalue weighted by atomic mass is 35.5. The number of halogens is 2. The van der Waals surface area contributed by atoms with E-state index < -0.39 is 11.4 Å². The minimum atomic E-state index is -0.481. The van der Waals surface area contributed by atoms with E-state index in [2.05, 4.69) is 10.6 Å². The van der Waals surface area contributed by atoms with Crippen LogP contribution in [-0.2, 0) is 4.74 Å². The Morgan fingerprint density at radius 1 is 1.22 bits per heavy atom. The molecule has 1 aliphatic carbocycles. The quantitative estimate of drug-likeness (QED) is 0.835. The molecule has 0 bridgehead atoms. The average molecular weight is 343 g/mol. The highest BCUT2D eigenvalue weighted by molar-refractivity contribution is 6.31. The molecule has 128 valence electrons. The molecule has 23 heavy (non-hydrogen) atoms. The maximum Gasteiger partial charge on any atom is 0.407 e. The van der Waals surface area contributed by atoms with E-state index in [-0.39, 0.29) is 17.2 Å². The molecule has 1 aromatic rings. The van der Waals surface area contributed by atoms with E-state index in [1.54, 1.807) is 12.1 Å². The summed E-state index contributed by atoms with van der Waals surface area (Å²) in [6.45, 7) is 5.55. The Morgan fingerprint density at radius 2 is 1.83 bits per heavy atom. The number of hydrogen-bond acceptors (Lipinski definition) is 3. The van der Waals surface area contributed by atoms with Gasteiger partial charge in [0.15, 0.2) is 0 Å². The van der Waals surface area contributed by atoms with Crippen LogP contribution in [0, 0.1) is 5.82 Å². The van der Waals surface area contributed by atoms with Crippen molar-refractivity contribution >= 4 is 23.4 Å². The van der Waals surface area contributed by atoms with Crippen LogP contribution in [0.15, 0.2) is 18.2 Å². The summed E-state index contributed by atoms with van der Waals surface area (Å²) in [5.41, 5.74) is 0.338. The molecule has 1 aromatic carbocycles. The first kappa shape index (κ1) is 17.9. The second kappa shape index (κ2) is 7.39. The summed E-state index contributed by atoms with van der Waals surface area (Å²) in [5, 5.41) is 6.40. The number of ether oxygens (including phenoxy) is 1. The van der Waals surface area contributed by atoms with Gasteiger partial charge in [0, 0.05) is 17.8 Å². The van der Waals surface area contributed by atoms with Crippen LogP contribution in [0.25, 0.3) is 0 Å². The number of amides is 1. The maximum absolute atomic E-state index is 13.2. The fraction of sp³-hybridized carbons (Fsp3) is 0.588. The minimum Gasteiger partial charge on any atom is -0.444 e. The van der Waals surface area contributed by atoms with E-state index in [9.17, 15) is 9.18 Å². The van der Waals surface area contributed by atoms with Gasteiger partial charge >= 0.3 is 6.09 Å². The van der Waals surface area contributed by atoms with Gasteiger partial charge in [-0.25, -0.2) is 9.18 Å². The SMILES string of the molecule is CC(C)(C)OC(=O)NC1CCC(Nc2ccc(F)c(Cl)c2)CC1. The van der Waals surface area contributed by atoms with Gasteiger partial charge in [0.2, 0.25) is 0 Å². The molecular weight excluding hydrogens is 319 g/mol. The van der Waals surface area contributed by atoms with Crippen LogP contribution in [0.4, 0.5) is 14.9 Å². The van der Waals surface area contributed by atoms with Crippen LogP contribution in [0.2, 0.25) is 5.02 Å². The first-order valence-electron chi connectivity index (χ1n) is 7.94. The molecule has 1 amide bonds. The first-order chi connectivity index (χ1) is 10.7. The monoisotopic (exact) mass is 342 g/mol. The lowest BCUT2D eigenvalue weighted by atomic mass is 9.91. The number of carbonyl (C=O) groups is 1. The van der Waals surface area contributed by atoms with Crippen LogP contribution >= 0.6 is 11.6 Å². The van der Waals surface area contributed by atoms with Gasteiger partial charge < -0.3 is 15.4 Å². The normalized spacial score (nSPS) is 21.6. The highest BCUT2D eigenvalue weighted by Gasteiger charge is 2.24. The number of benzene rings is 1. The molecule has 0 saturated heterocycles. The van der Waals surface area contributed by atoms with Gasteiger partial charge in [0.05, 0.1) is 5.02 Å². The van der Waals surface area contributed by atoms with Gasteiger partial charge in [-0.05, 0) is 64.7 Å². The number of carbonyl (C=O) groups excluding carboxylic acids is 1. The van der Waals surface area contributed by atoms with Crippen LogP contribution in [0.3, 0.4) is 0 Å². The molecule has 2 rings (SSSR count). The Labute approximate surface area is 141 Å². The second-order valence-electron chi connectivity index (χ2n) is 6.97. The van der Waals surface area contributed by atoms with E-state index in [0.29, 0.717) is 6.04 Å². The van der Waals surface area contributed by atoms with E-state index in [4.69, 9.17) is 16.3 Å². The van der Waals surface area contributed by atoms with Crippen LogP contribution in [-0.4, -0.2) is 23.8 Å². The zero-order valence-electron chi connectivity index (χ0n) is 13.8. The predicted octanol–water partition coefficient (Wildman–Crippen LogP) is 4.73. The zero-order chi connectivity index (χ0) is 17.0. The fourth-order valence-corrected chi connectivity index (χ4v) is 2.86. The maximum atomic E-state index is 13.2. The summed E-state index contributed by atoms with van der Waals surface area (Å²) in [7, 11) is 0. The van der Waals surface area contributed by atoms with Gasteiger partial charge in [-0.15, -0.1) is 0 Å². The Kier molecular flexibility index (Phi) is 5.74. The summed E-state index contributed by atoms with van der Waals surface area (Å²) >= 11 is 5.79. The van der Waals surface area contributed by atoms with Crippen LogP contribution in [0.5, 0.6) is 0 Å². The Hall–Kier alpha value is -1.49. The summed E-state index contributed by atoms with van der Waals surface area (Å²) in [6.07, 6.45) is 3.25. The third-order valence-corrected chi connectivity index (χ3v) is 4.03. The number of anilines is 1. The molecule has 6 heteroatoms. The third-order valence-electron chi connectivity index (χ3n) is 3.74. The van der Waals surface area contributed by atoms with Crippen molar-refractivity contribution in [3.05, 3.63) is 29.0 Å². The minimum absolute atomic E-state index is 0.121. The lowest BCUT2D eigenvalue weighted by Crippen LogP contribution is -2.42. The molecule has 2 N–H and O–H groups in total. The predicted molar refractivity (Wildman–Crippen MR) is 90.4 cm³/mol. The smallest absolute Gasteiger partial charge is 0.407 e. The molecule has 1 aliphatic rings. The van der Waals surface area contributed by atoms with Gasteiger partial charge in [-0.2, -0.15) is 0 Å². The van der Waals surface area contributed by atoms with Crippen molar-refractivity contribution in [1.82, 2.24) is 5.32 Å². The van der Waals surface area contributed by atoms with E-state index in [1.165, 1.54) is 6.07 Å². The standard InChI is InChI=1S/C17H24ClFN2O2/c1-17(2,3)23-16(22)21-12-6-4-11(5-7-12)20-13-8-9-15(19)14(18)10-13/h8-12,20H,4-7H2,1-3H3,(H,21,22). The molecule has 0 aromatic heterocycles. The topological polar surface area (TPSA) is 50.4 Å². The number of nitrogens with one attached hydrogen (secondary N) is 2. The molecule has 4 nitrogen and oxygen atoms in total. The van der Waals surface area contributed by atoms with Crippen LogP contribution in [0.1, 0.15) is 46.5 Å². The van der Waals surface area contributed by atoms with Gasteiger partial charge in [-0.3, -0.25) is 0 Å². The molecule has 0 spiro atoms.